The Balaban J connectivity index is 1.42. The van der Waals surface area contributed by atoms with E-state index in [0.29, 0.717) is 19.3 Å². The van der Waals surface area contributed by atoms with Gasteiger partial charge in [-0.1, -0.05) is 111 Å². The lowest BCUT2D eigenvalue weighted by Gasteiger charge is -2.19. The van der Waals surface area contributed by atoms with Crippen molar-refractivity contribution < 1.29 is 19.7 Å². The van der Waals surface area contributed by atoms with E-state index in [1.165, 1.54) is 25.7 Å². The lowest BCUT2D eigenvalue weighted by atomic mass is 9.89. The van der Waals surface area contributed by atoms with Crippen LogP contribution >= 0.6 is 0 Å². The minimum atomic E-state index is -0.475. The first-order valence-corrected chi connectivity index (χ1v) is 14.1. The largest absolute Gasteiger partial charge is 0.453 e. The Bertz CT molecular complexity index is 913. The van der Waals surface area contributed by atoms with Crippen LogP contribution in [0.2, 0.25) is 0 Å². The monoisotopic (exact) mass is 504 g/mol. The van der Waals surface area contributed by atoms with E-state index in [-0.39, 0.29) is 17.8 Å². The SMILES string of the molecule is CCCCCC/C=C/[C@@H]1[C@@H](C/C=C\CCCC(=O)OC(c2ccccc2)c2ccccc2)[C@@H](O)C[C@H]1O. The normalized spacial score (nSPS) is 21.8. The van der Waals surface area contributed by atoms with E-state index >= 15 is 0 Å². The van der Waals surface area contributed by atoms with E-state index < -0.39 is 18.3 Å². The number of aliphatic hydroxyl groups is 2. The van der Waals surface area contributed by atoms with Gasteiger partial charge in [0, 0.05) is 18.8 Å². The van der Waals surface area contributed by atoms with Gasteiger partial charge in [0.2, 0.25) is 0 Å². The van der Waals surface area contributed by atoms with Crippen molar-refractivity contribution >= 4 is 5.97 Å². The summed E-state index contributed by atoms with van der Waals surface area (Å²) < 4.78 is 5.89. The molecule has 0 amide bonds. The molecule has 2 N–H and O–H groups in total. The summed E-state index contributed by atoms with van der Waals surface area (Å²) in [6.45, 7) is 2.21. The number of allylic oxidation sites excluding steroid dienone is 3. The molecule has 1 aliphatic rings. The predicted molar refractivity (Wildman–Crippen MR) is 150 cm³/mol. The Morgan fingerprint density at radius 1 is 0.865 bits per heavy atom. The molecule has 0 bridgehead atoms. The number of hydrogen-bond donors (Lipinski definition) is 2. The minimum Gasteiger partial charge on any atom is -0.453 e. The fourth-order valence-corrected chi connectivity index (χ4v) is 5.16. The van der Waals surface area contributed by atoms with Gasteiger partial charge < -0.3 is 14.9 Å². The van der Waals surface area contributed by atoms with Crippen molar-refractivity contribution in [2.24, 2.45) is 11.8 Å². The first kappa shape index (κ1) is 28.9. The molecule has 0 radical (unpaired) electrons. The van der Waals surface area contributed by atoms with Crippen LogP contribution in [0.15, 0.2) is 85.0 Å². The van der Waals surface area contributed by atoms with Crippen LogP contribution in [0.3, 0.4) is 0 Å². The average Bonchev–Trinajstić information content (AvgIpc) is 3.19. The van der Waals surface area contributed by atoms with Gasteiger partial charge in [-0.15, -0.1) is 0 Å². The Morgan fingerprint density at radius 2 is 1.51 bits per heavy atom. The highest BCUT2D eigenvalue weighted by Gasteiger charge is 2.39. The lowest BCUT2D eigenvalue weighted by molar-refractivity contribution is -0.147. The molecule has 1 aliphatic carbocycles. The van der Waals surface area contributed by atoms with Gasteiger partial charge in [-0.3, -0.25) is 4.79 Å². The van der Waals surface area contributed by atoms with E-state index in [1.807, 2.05) is 60.7 Å². The number of esters is 1. The summed E-state index contributed by atoms with van der Waals surface area (Å²) in [7, 11) is 0. The van der Waals surface area contributed by atoms with Crippen molar-refractivity contribution in [2.45, 2.75) is 89.4 Å². The number of aliphatic hydroxyl groups excluding tert-OH is 2. The van der Waals surface area contributed by atoms with E-state index in [4.69, 9.17) is 4.74 Å². The molecule has 2 aromatic carbocycles. The molecule has 2 aromatic rings. The molecule has 1 saturated carbocycles. The smallest absolute Gasteiger partial charge is 0.306 e. The third-order valence-electron chi connectivity index (χ3n) is 7.28. The third kappa shape index (κ3) is 9.60. The maximum absolute atomic E-state index is 12.6. The standard InChI is InChI=1S/C33H44O4/c1-2-3-4-5-6-15-22-28-29(31(35)25-30(28)34)23-16-7-8-17-24-32(36)37-33(26-18-11-9-12-19-26)27-20-13-10-14-21-27/h7,9-16,18-22,28-31,33-35H,2-6,8,17,23-25H2,1H3/b16-7-,22-15+/t28-,29-,30-,31+/m1/s1. The molecule has 0 unspecified atom stereocenters. The molecule has 4 atom stereocenters. The van der Waals surface area contributed by atoms with Crippen molar-refractivity contribution in [1.29, 1.82) is 0 Å². The number of carbonyl (C=O) groups is 1. The van der Waals surface area contributed by atoms with Crippen LogP contribution in [0.25, 0.3) is 0 Å². The quantitative estimate of drug-likeness (QED) is 0.151. The number of ether oxygens (including phenoxy) is 1. The van der Waals surface area contributed by atoms with Crippen LogP contribution in [-0.4, -0.2) is 28.4 Å². The number of hydrogen-bond acceptors (Lipinski definition) is 4. The van der Waals surface area contributed by atoms with Crippen LogP contribution in [0, 0.1) is 11.8 Å². The number of rotatable bonds is 15. The van der Waals surface area contributed by atoms with Gasteiger partial charge in [0.1, 0.15) is 0 Å². The van der Waals surface area contributed by atoms with Crippen molar-refractivity contribution in [2.75, 3.05) is 0 Å². The summed E-state index contributed by atoms with van der Waals surface area (Å²) in [6, 6.07) is 19.7. The highest BCUT2D eigenvalue weighted by Crippen LogP contribution is 2.36. The maximum atomic E-state index is 12.6. The maximum Gasteiger partial charge on any atom is 0.306 e. The van der Waals surface area contributed by atoms with Crippen LogP contribution in [0.5, 0.6) is 0 Å². The number of carbonyl (C=O) groups excluding carboxylic acids is 1. The molecule has 3 rings (SSSR count). The molecule has 0 aliphatic heterocycles. The molecule has 1 fully saturated rings. The van der Waals surface area contributed by atoms with Gasteiger partial charge >= 0.3 is 5.97 Å². The summed E-state index contributed by atoms with van der Waals surface area (Å²) >= 11 is 0. The first-order valence-electron chi connectivity index (χ1n) is 14.1. The third-order valence-corrected chi connectivity index (χ3v) is 7.28. The van der Waals surface area contributed by atoms with Gasteiger partial charge in [-0.25, -0.2) is 0 Å². The van der Waals surface area contributed by atoms with Gasteiger partial charge in [0.15, 0.2) is 6.10 Å². The van der Waals surface area contributed by atoms with Crippen LogP contribution in [0.4, 0.5) is 0 Å². The second-order valence-corrected chi connectivity index (χ2v) is 10.2. The number of benzene rings is 2. The number of unbranched alkanes of at least 4 members (excludes halogenated alkanes) is 5. The second kappa shape index (κ2) is 16.2. The van der Waals surface area contributed by atoms with Crippen molar-refractivity contribution in [3.8, 4) is 0 Å². The molecule has 37 heavy (non-hydrogen) atoms. The van der Waals surface area contributed by atoms with Crippen LogP contribution < -0.4 is 0 Å². The molecule has 0 spiro atoms. The Morgan fingerprint density at radius 3 is 2.16 bits per heavy atom. The predicted octanol–water partition coefficient (Wildman–Crippen LogP) is 7.32. The first-order chi connectivity index (χ1) is 18.1. The Labute approximate surface area is 223 Å². The van der Waals surface area contributed by atoms with Crippen molar-refractivity contribution in [3.05, 3.63) is 96.1 Å². The zero-order valence-corrected chi connectivity index (χ0v) is 22.3. The van der Waals surface area contributed by atoms with E-state index in [9.17, 15) is 15.0 Å². The van der Waals surface area contributed by atoms with E-state index in [1.54, 1.807) is 0 Å². The highest BCUT2D eigenvalue weighted by atomic mass is 16.5. The summed E-state index contributed by atoms with van der Waals surface area (Å²) in [5.41, 5.74) is 1.92. The molecule has 0 aromatic heterocycles. The average molecular weight is 505 g/mol. The van der Waals surface area contributed by atoms with Gasteiger partial charge in [-0.2, -0.15) is 0 Å². The fourth-order valence-electron chi connectivity index (χ4n) is 5.16. The van der Waals surface area contributed by atoms with Crippen molar-refractivity contribution in [1.82, 2.24) is 0 Å². The molecule has 200 valence electrons. The summed E-state index contributed by atoms with van der Waals surface area (Å²) in [6.07, 6.45) is 16.1. The van der Waals surface area contributed by atoms with E-state index in [2.05, 4.69) is 31.2 Å². The minimum absolute atomic E-state index is 0.00806. The van der Waals surface area contributed by atoms with Gasteiger partial charge in [0.25, 0.3) is 0 Å². The zero-order chi connectivity index (χ0) is 26.3. The topological polar surface area (TPSA) is 66.8 Å². The summed E-state index contributed by atoms with van der Waals surface area (Å²) in [5, 5.41) is 20.9. The highest BCUT2D eigenvalue weighted by molar-refractivity contribution is 5.70. The fraction of sp³-hybridized carbons (Fsp3) is 0.485. The molecular formula is C33H44O4. The lowest BCUT2D eigenvalue weighted by Crippen LogP contribution is -2.19. The van der Waals surface area contributed by atoms with Crippen molar-refractivity contribution in [3.63, 3.8) is 0 Å². The molecule has 4 heteroatoms. The van der Waals surface area contributed by atoms with Crippen LogP contribution in [-0.2, 0) is 9.53 Å². The molecule has 0 heterocycles. The summed E-state index contributed by atoms with van der Waals surface area (Å²) in [5.74, 6) is -0.154. The molecular weight excluding hydrogens is 460 g/mol. The second-order valence-electron chi connectivity index (χ2n) is 10.2. The Kier molecular flexibility index (Phi) is 12.7. The Hall–Kier alpha value is -2.69. The zero-order valence-electron chi connectivity index (χ0n) is 22.3. The summed E-state index contributed by atoms with van der Waals surface area (Å²) in [4.78, 5) is 12.6. The van der Waals surface area contributed by atoms with Crippen LogP contribution in [0.1, 0.15) is 88.4 Å². The molecule has 0 saturated heterocycles. The van der Waals surface area contributed by atoms with E-state index in [0.717, 1.165) is 30.4 Å². The van der Waals surface area contributed by atoms with Gasteiger partial charge in [0.05, 0.1) is 12.2 Å². The molecule has 4 nitrogen and oxygen atoms in total. The van der Waals surface area contributed by atoms with Gasteiger partial charge in [-0.05, 0) is 49.1 Å².